The highest BCUT2D eigenvalue weighted by Gasteiger charge is 2.42. The van der Waals surface area contributed by atoms with E-state index in [4.69, 9.17) is 14.2 Å². The molecule has 1 atom stereocenters. The Morgan fingerprint density at radius 2 is 1.50 bits per heavy atom. The molecule has 0 N–H and O–H groups in total. The first-order chi connectivity index (χ1) is 10.7. The summed E-state index contributed by atoms with van der Waals surface area (Å²) in [6.45, 7) is 3.59. The van der Waals surface area contributed by atoms with Crippen molar-refractivity contribution in [2.24, 2.45) is 0 Å². The Balaban J connectivity index is 1.52. The van der Waals surface area contributed by atoms with E-state index in [1.807, 2.05) is 0 Å². The highest BCUT2D eigenvalue weighted by molar-refractivity contribution is 5.75. The first kappa shape index (κ1) is 17.7. The van der Waals surface area contributed by atoms with Crippen molar-refractivity contribution in [3.8, 4) is 0 Å². The van der Waals surface area contributed by atoms with Gasteiger partial charge in [0, 0.05) is 12.8 Å². The van der Waals surface area contributed by atoms with Crippen LogP contribution >= 0.6 is 0 Å². The summed E-state index contributed by atoms with van der Waals surface area (Å²) in [5, 5.41) is 0. The summed E-state index contributed by atoms with van der Waals surface area (Å²) < 4.78 is 16.8. The second-order valence-electron chi connectivity index (χ2n) is 6.71. The summed E-state index contributed by atoms with van der Waals surface area (Å²) in [6.07, 6.45) is 14.0. The molecule has 2 saturated heterocycles. The van der Waals surface area contributed by atoms with Crippen LogP contribution in [0.5, 0.6) is 0 Å². The minimum atomic E-state index is -0.480. The van der Waals surface area contributed by atoms with Gasteiger partial charge in [-0.1, -0.05) is 58.3 Å². The number of ether oxygens (including phenoxy) is 3. The van der Waals surface area contributed by atoms with Crippen molar-refractivity contribution in [1.82, 2.24) is 0 Å². The normalized spacial score (nSPS) is 23.3. The van der Waals surface area contributed by atoms with E-state index in [0.29, 0.717) is 26.1 Å². The number of esters is 1. The fourth-order valence-electron chi connectivity index (χ4n) is 3.39. The Morgan fingerprint density at radius 3 is 2.05 bits per heavy atom. The monoisotopic (exact) mass is 312 g/mol. The summed E-state index contributed by atoms with van der Waals surface area (Å²) in [5.41, 5.74) is 0. The molecule has 0 aromatic heterocycles. The van der Waals surface area contributed by atoms with Crippen LogP contribution in [0.1, 0.15) is 84.0 Å². The van der Waals surface area contributed by atoms with E-state index in [9.17, 15) is 4.79 Å². The molecule has 2 fully saturated rings. The second-order valence-corrected chi connectivity index (χ2v) is 6.71. The number of rotatable bonds is 12. The molecule has 0 aromatic carbocycles. The van der Waals surface area contributed by atoms with Crippen LogP contribution in [0.3, 0.4) is 0 Å². The second kappa shape index (κ2) is 9.51. The highest BCUT2D eigenvalue weighted by Crippen LogP contribution is 2.34. The smallest absolute Gasteiger partial charge is 0.309 e. The van der Waals surface area contributed by atoms with Crippen LogP contribution in [-0.4, -0.2) is 31.1 Å². The molecule has 0 radical (unpaired) electrons. The number of carbonyl (C=O) groups is 1. The Morgan fingerprint density at radius 1 is 0.955 bits per heavy atom. The van der Waals surface area contributed by atoms with Crippen molar-refractivity contribution in [2.75, 3.05) is 13.2 Å². The van der Waals surface area contributed by atoms with Gasteiger partial charge in [-0.2, -0.15) is 0 Å². The van der Waals surface area contributed by atoms with Crippen molar-refractivity contribution >= 4 is 5.97 Å². The number of hydrogen-bond donors (Lipinski definition) is 0. The Kier molecular flexibility index (Phi) is 7.67. The SMILES string of the molecule is CCCCCCCCCCCC1(CC2CC(=O)O2)OCCO1. The fraction of sp³-hybridized carbons (Fsp3) is 0.944. The lowest BCUT2D eigenvalue weighted by Crippen LogP contribution is -2.42. The third-order valence-corrected chi connectivity index (χ3v) is 4.71. The van der Waals surface area contributed by atoms with Gasteiger partial charge in [0.05, 0.1) is 19.6 Å². The molecule has 0 aliphatic carbocycles. The number of unbranched alkanes of at least 4 members (excludes halogenated alkanes) is 8. The van der Waals surface area contributed by atoms with Crippen molar-refractivity contribution in [3.63, 3.8) is 0 Å². The molecular weight excluding hydrogens is 280 g/mol. The zero-order chi connectivity index (χ0) is 15.7. The van der Waals surface area contributed by atoms with Crippen molar-refractivity contribution < 1.29 is 19.0 Å². The van der Waals surface area contributed by atoms with Crippen LogP contribution in [0, 0.1) is 0 Å². The summed E-state index contributed by atoms with van der Waals surface area (Å²) in [4.78, 5) is 10.9. The molecule has 0 aromatic rings. The van der Waals surface area contributed by atoms with Gasteiger partial charge in [0.2, 0.25) is 0 Å². The predicted molar refractivity (Wildman–Crippen MR) is 85.6 cm³/mol. The van der Waals surface area contributed by atoms with Crippen LogP contribution in [-0.2, 0) is 19.0 Å². The summed E-state index contributed by atoms with van der Waals surface area (Å²) >= 11 is 0. The maximum atomic E-state index is 10.9. The topological polar surface area (TPSA) is 44.8 Å². The molecule has 0 saturated carbocycles. The van der Waals surface area contributed by atoms with Crippen molar-refractivity contribution in [3.05, 3.63) is 0 Å². The Labute approximate surface area is 134 Å². The third kappa shape index (κ3) is 5.88. The van der Waals surface area contributed by atoms with Crippen LogP contribution in [0.25, 0.3) is 0 Å². The minimum Gasteiger partial charge on any atom is -0.461 e. The van der Waals surface area contributed by atoms with Crippen LogP contribution in [0.15, 0.2) is 0 Å². The van der Waals surface area contributed by atoms with Gasteiger partial charge in [0.25, 0.3) is 0 Å². The average molecular weight is 312 g/mol. The van der Waals surface area contributed by atoms with Crippen LogP contribution in [0.2, 0.25) is 0 Å². The molecule has 2 aliphatic rings. The Hall–Kier alpha value is -0.610. The van der Waals surface area contributed by atoms with E-state index < -0.39 is 5.79 Å². The van der Waals surface area contributed by atoms with E-state index in [2.05, 4.69) is 6.92 Å². The van der Waals surface area contributed by atoms with Gasteiger partial charge >= 0.3 is 5.97 Å². The predicted octanol–water partition coefficient (Wildman–Crippen LogP) is 4.36. The van der Waals surface area contributed by atoms with E-state index in [1.54, 1.807) is 0 Å². The molecule has 1 unspecified atom stereocenters. The molecule has 2 rings (SSSR count). The lowest BCUT2D eigenvalue weighted by molar-refractivity contribution is -0.207. The van der Waals surface area contributed by atoms with Gasteiger partial charge in [-0.25, -0.2) is 0 Å². The molecular formula is C18H32O4. The molecule has 4 heteroatoms. The van der Waals surface area contributed by atoms with E-state index in [0.717, 1.165) is 12.8 Å². The molecule has 4 nitrogen and oxygen atoms in total. The molecule has 128 valence electrons. The molecule has 22 heavy (non-hydrogen) atoms. The zero-order valence-corrected chi connectivity index (χ0v) is 14.1. The lowest BCUT2D eigenvalue weighted by Gasteiger charge is -2.34. The Bertz CT molecular complexity index is 315. The van der Waals surface area contributed by atoms with Crippen molar-refractivity contribution in [2.45, 2.75) is 95.9 Å². The van der Waals surface area contributed by atoms with E-state index >= 15 is 0 Å². The third-order valence-electron chi connectivity index (χ3n) is 4.71. The maximum absolute atomic E-state index is 10.9. The first-order valence-electron chi connectivity index (χ1n) is 9.21. The molecule has 0 bridgehead atoms. The highest BCUT2D eigenvalue weighted by atomic mass is 16.7. The fourth-order valence-corrected chi connectivity index (χ4v) is 3.39. The number of carbonyl (C=O) groups excluding carboxylic acids is 1. The van der Waals surface area contributed by atoms with Gasteiger partial charge < -0.3 is 14.2 Å². The van der Waals surface area contributed by atoms with E-state index in [1.165, 1.54) is 51.4 Å². The van der Waals surface area contributed by atoms with Gasteiger partial charge in [-0.05, 0) is 6.42 Å². The van der Waals surface area contributed by atoms with E-state index in [-0.39, 0.29) is 12.1 Å². The minimum absolute atomic E-state index is 0.00386. The summed E-state index contributed by atoms with van der Waals surface area (Å²) in [6, 6.07) is 0. The van der Waals surface area contributed by atoms with Gasteiger partial charge in [-0.3, -0.25) is 4.79 Å². The molecule has 2 aliphatic heterocycles. The lowest BCUT2D eigenvalue weighted by atomic mass is 9.96. The molecule has 0 spiro atoms. The molecule has 2 heterocycles. The molecule has 0 amide bonds. The van der Waals surface area contributed by atoms with Crippen LogP contribution < -0.4 is 0 Å². The largest absolute Gasteiger partial charge is 0.461 e. The van der Waals surface area contributed by atoms with Crippen molar-refractivity contribution in [1.29, 1.82) is 0 Å². The van der Waals surface area contributed by atoms with Gasteiger partial charge in [0.1, 0.15) is 6.10 Å². The summed E-state index contributed by atoms with van der Waals surface area (Å²) in [5.74, 6) is -0.576. The zero-order valence-electron chi connectivity index (χ0n) is 14.1. The van der Waals surface area contributed by atoms with Gasteiger partial charge in [0.15, 0.2) is 5.79 Å². The first-order valence-corrected chi connectivity index (χ1v) is 9.21. The number of cyclic esters (lactones) is 1. The number of hydrogen-bond acceptors (Lipinski definition) is 4. The standard InChI is InChI=1S/C18H32O4/c1-2-3-4-5-6-7-8-9-10-11-18(20-12-13-21-18)15-16-14-17(19)22-16/h16H,2-15H2,1H3. The summed E-state index contributed by atoms with van der Waals surface area (Å²) in [7, 11) is 0. The van der Waals surface area contributed by atoms with Gasteiger partial charge in [-0.15, -0.1) is 0 Å². The maximum Gasteiger partial charge on any atom is 0.309 e. The van der Waals surface area contributed by atoms with Crippen LogP contribution in [0.4, 0.5) is 0 Å². The quantitative estimate of drug-likeness (QED) is 0.397. The average Bonchev–Trinajstić information content (AvgIpc) is 2.93.